The molecule has 0 aliphatic heterocycles. The van der Waals surface area contributed by atoms with Crippen LogP contribution in [0.3, 0.4) is 0 Å². The molecule has 2 heterocycles. The predicted octanol–water partition coefficient (Wildman–Crippen LogP) is 1.42. The third-order valence-electron chi connectivity index (χ3n) is 3.71. The molecule has 3 rings (SSSR count). The van der Waals surface area contributed by atoms with Crippen LogP contribution in [0.2, 0.25) is 5.28 Å². The molecule has 1 aliphatic rings. The normalized spacial score (nSPS) is 23.2. The summed E-state index contributed by atoms with van der Waals surface area (Å²) in [5.41, 5.74) is 1.19. The summed E-state index contributed by atoms with van der Waals surface area (Å²) in [6.07, 6.45) is 3.36. The van der Waals surface area contributed by atoms with E-state index in [2.05, 4.69) is 20.3 Å². The Hall–Kier alpha value is -1.47. The van der Waals surface area contributed by atoms with Gasteiger partial charge in [-0.15, -0.1) is 5.10 Å². The molecule has 108 valence electrons. The summed E-state index contributed by atoms with van der Waals surface area (Å²) in [4.78, 5) is 10.2. The molecular formula is C12H17ClN6O. The molecule has 7 nitrogen and oxygen atoms in total. The number of rotatable bonds is 2. The zero-order chi connectivity index (χ0) is 14.3. The maximum Gasteiger partial charge on any atom is 0.226 e. The highest BCUT2D eigenvalue weighted by Crippen LogP contribution is 2.31. The number of anilines is 1. The highest BCUT2D eigenvalue weighted by Gasteiger charge is 2.28. The third-order valence-corrected chi connectivity index (χ3v) is 3.88. The number of aromatic nitrogens is 5. The van der Waals surface area contributed by atoms with E-state index in [4.69, 9.17) is 11.6 Å². The zero-order valence-corrected chi connectivity index (χ0v) is 12.2. The lowest BCUT2D eigenvalue weighted by atomic mass is 9.93. The molecule has 1 fully saturated rings. The number of hydrogen-bond acceptors (Lipinski definition) is 6. The van der Waals surface area contributed by atoms with Crippen molar-refractivity contribution in [2.24, 2.45) is 0 Å². The molecule has 1 saturated carbocycles. The van der Waals surface area contributed by atoms with Crippen LogP contribution < -0.4 is 4.90 Å². The summed E-state index contributed by atoms with van der Waals surface area (Å²) in [6, 6.07) is -0.0882. The Bertz CT molecular complexity index is 628. The lowest BCUT2D eigenvalue weighted by Crippen LogP contribution is -2.28. The maximum atomic E-state index is 10.2. The van der Waals surface area contributed by atoms with Crippen LogP contribution >= 0.6 is 11.6 Å². The predicted molar refractivity (Wildman–Crippen MR) is 76.0 cm³/mol. The standard InChI is InChI=1S/C12H17ClN6O/c1-18(2)10-9-11(15-12(13)14-10)19(17-16-9)7-5-3-4-6-8(7)20/h7-8,20H,3-6H2,1-2H3/t7-,8+/m0/s1. The molecule has 0 unspecified atom stereocenters. The van der Waals surface area contributed by atoms with Gasteiger partial charge in [0.05, 0.1) is 12.1 Å². The fourth-order valence-electron chi connectivity index (χ4n) is 2.70. The summed E-state index contributed by atoms with van der Waals surface area (Å²) in [5, 5.41) is 18.7. The molecule has 2 atom stereocenters. The fourth-order valence-corrected chi connectivity index (χ4v) is 2.86. The smallest absolute Gasteiger partial charge is 0.226 e. The number of nitrogens with zero attached hydrogens (tertiary/aromatic N) is 6. The van der Waals surface area contributed by atoms with Crippen LogP contribution in [-0.2, 0) is 0 Å². The van der Waals surface area contributed by atoms with Crippen LogP contribution in [0.4, 0.5) is 5.82 Å². The number of halogens is 1. The van der Waals surface area contributed by atoms with Crippen molar-refractivity contribution in [2.75, 3.05) is 19.0 Å². The number of fused-ring (bicyclic) bond motifs is 1. The second-order valence-electron chi connectivity index (χ2n) is 5.34. The Morgan fingerprint density at radius 1 is 1.25 bits per heavy atom. The van der Waals surface area contributed by atoms with Gasteiger partial charge in [0.25, 0.3) is 0 Å². The van der Waals surface area contributed by atoms with Crippen LogP contribution in [0, 0.1) is 0 Å². The van der Waals surface area contributed by atoms with Gasteiger partial charge in [-0.25, -0.2) is 4.68 Å². The molecule has 0 amide bonds. The van der Waals surface area contributed by atoms with Gasteiger partial charge >= 0.3 is 0 Å². The van der Waals surface area contributed by atoms with E-state index in [0.29, 0.717) is 17.0 Å². The molecule has 0 aromatic carbocycles. The average molecular weight is 297 g/mol. The van der Waals surface area contributed by atoms with Crippen LogP contribution in [-0.4, -0.2) is 50.3 Å². The minimum Gasteiger partial charge on any atom is -0.391 e. The van der Waals surface area contributed by atoms with E-state index in [-0.39, 0.29) is 11.3 Å². The Morgan fingerprint density at radius 2 is 2.00 bits per heavy atom. The van der Waals surface area contributed by atoms with Crippen molar-refractivity contribution in [3.8, 4) is 0 Å². The largest absolute Gasteiger partial charge is 0.391 e. The van der Waals surface area contributed by atoms with Gasteiger partial charge in [-0.05, 0) is 24.4 Å². The molecule has 0 spiro atoms. The van der Waals surface area contributed by atoms with Crippen molar-refractivity contribution in [3.05, 3.63) is 5.28 Å². The Kier molecular flexibility index (Phi) is 3.47. The Labute approximate surface area is 121 Å². The SMILES string of the molecule is CN(C)c1nc(Cl)nc2c1nnn2[C@H]1CCCC[C@H]1O. The summed E-state index contributed by atoms with van der Waals surface area (Å²) >= 11 is 5.99. The minimum atomic E-state index is -0.412. The summed E-state index contributed by atoms with van der Waals surface area (Å²) in [5.74, 6) is 0.636. The first kappa shape index (κ1) is 13.5. The van der Waals surface area contributed by atoms with E-state index in [1.165, 1.54) is 0 Å². The summed E-state index contributed by atoms with van der Waals surface area (Å²) < 4.78 is 1.69. The van der Waals surface area contributed by atoms with E-state index in [1.54, 1.807) is 4.68 Å². The molecule has 8 heteroatoms. The first-order valence-corrected chi connectivity index (χ1v) is 7.09. The Balaban J connectivity index is 2.13. The second kappa shape index (κ2) is 5.14. The monoisotopic (exact) mass is 296 g/mol. The van der Waals surface area contributed by atoms with E-state index < -0.39 is 6.10 Å². The fraction of sp³-hybridized carbons (Fsp3) is 0.667. The molecule has 1 N–H and O–H groups in total. The van der Waals surface area contributed by atoms with Gasteiger partial charge in [-0.1, -0.05) is 18.1 Å². The minimum absolute atomic E-state index is 0.0882. The van der Waals surface area contributed by atoms with E-state index >= 15 is 0 Å². The van der Waals surface area contributed by atoms with Crippen LogP contribution in [0.5, 0.6) is 0 Å². The lowest BCUT2D eigenvalue weighted by Gasteiger charge is -2.27. The number of hydrogen-bond donors (Lipinski definition) is 1. The van der Waals surface area contributed by atoms with Crippen molar-refractivity contribution in [1.82, 2.24) is 25.0 Å². The average Bonchev–Trinajstić information content (AvgIpc) is 2.81. The van der Waals surface area contributed by atoms with E-state index in [0.717, 1.165) is 25.7 Å². The summed E-state index contributed by atoms with van der Waals surface area (Å²) in [7, 11) is 3.74. The highest BCUT2D eigenvalue weighted by molar-refractivity contribution is 6.28. The van der Waals surface area contributed by atoms with Gasteiger partial charge in [0.1, 0.15) is 0 Å². The van der Waals surface area contributed by atoms with Crippen molar-refractivity contribution >= 4 is 28.6 Å². The first-order valence-electron chi connectivity index (χ1n) is 6.71. The van der Waals surface area contributed by atoms with Crippen molar-refractivity contribution in [2.45, 2.75) is 37.8 Å². The van der Waals surface area contributed by atoms with Gasteiger partial charge in [-0.2, -0.15) is 9.97 Å². The molecule has 2 aromatic rings. The van der Waals surface area contributed by atoms with Crippen molar-refractivity contribution in [3.63, 3.8) is 0 Å². The van der Waals surface area contributed by atoms with Gasteiger partial charge in [0.15, 0.2) is 17.0 Å². The summed E-state index contributed by atoms with van der Waals surface area (Å²) in [6.45, 7) is 0. The molecule has 2 aromatic heterocycles. The Morgan fingerprint density at radius 3 is 2.70 bits per heavy atom. The molecular weight excluding hydrogens is 280 g/mol. The van der Waals surface area contributed by atoms with Crippen molar-refractivity contribution in [1.29, 1.82) is 0 Å². The van der Waals surface area contributed by atoms with E-state index in [9.17, 15) is 5.11 Å². The number of aliphatic hydroxyl groups is 1. The van der Waals surface area contributed by atoms with Gasteiger partial charge < -0.3 is 10.0 Å². The van der Waals surface area contributed by atoms with Crippen LogP contribution in [0.25, 0.3) is 11.2 Å². The number of aliphatic hydroxyl groups excluding tert-OH is 1. The van der Waals surface area contributed by atoms with E-state index in [1.807, 2.05) is 19.0 Å². The van der Waals surface area contributed by atoms with Gasteiger partial charge in [-0.3, -0.25) is 0 Å². The molecule has 0 saturated heterocycles. The molecule has 20 heavy (non-hydrogen) atoms. The van der Waals surface area contributed by atoms with Crippen LogP contribution in [0.15, 0.2) is 0 Å². The topological polar surface area (TPSA) is 80.0 Å². The lowest BCUT2D eigenvalue weighted by molar-refractivity contribution is 0.0703. The van der Waals surface area contributed by atoms with Crippen molar-refractivity contribution < 1.29 is 5.11 Å². The molecule has 1 aliphatic carbocycles. The van der Waals surface area contributed by atoms with Gasteiger partial charge in [0.2, 0.25) is 5.28 Å². The quantitative estimate of drug-likeness (QED) is 0.844. The first-order chi connectivity index (χ1) is 9.58. The molecule has 0 bridgehead atoms. The van der Waals surface area contributed by atoms with Crippen LogP contribution in [0.1, 0.15) is 31.7 Å². The highest BCUT2D eigenvalue weighted by atomic mass is 35.5. The third kappa shape index (κ3) is 2.20. The maximum absolute atomic E-state index is 10.2. The zero-order valence-electron chi connectivity index (χ0n) is 11.5. The second-order valence-corrected chi connectivity index (χ2v) is 5.67. The van der Waals surface area contributed by atoms with Gasteiger partial charge in [0, 0.05) is 14.1 Å². The molecule has 0 radical (unpaired) electrons.